The summed E-state index contributed by atoms with van der Waals surface area (Å²) < 4.78 is 5.34. The second-order valence-corrected chi connectivity index (χ2v) is 2.67. The number of hydrogen-bond acceptors (Lipinski definition) is 3. The van der Waals surface area contributed by atoms with E-state index in [0.717, 1.165) is 30.0 Å². The standard InChI is InChI=1S/C9H8N2O/c10-4-1-8-7-3-6-12-9(7)2-5-11-8/h2,5H,1,3,6H2. The van der Waals surface area contributed by atoms with Crippen LogP contribution in [0, 0.1) is 11.3 Å². The van der Waals surface area contributed by atoms with Crippen molar-refractivity contribution < 1.29 is 4.74 Å². The van der Waals surface area contributed by atoms with Gasteiger partial charge in [-0.3, -0.25) is 4.98 Å². The molecule has 0 saturated carbocycles. The lowest BCUT2D eigenvalue weighted by Crippen LogP contribution is -1.93. The Labute approximate surface area is 70.6 Å². The average Bonchev–Trinajstić information content (AvgIpc) is 2.53. The van der Waals surface area contributed by atoms with Gasteiger partial charge < -0.3 is 4.74 Å². The fourth-order valence-electron chi connectivity index (χ4n) is 1.41. The summed E-state index contributed by atoms with van der Waals surface area (Å²) in [6.45, 7) is 0.722. The molecule has 3 nitrogen and oxygen atoms in total. The quantitative estimate of drug-likeness (QED) is 0.617. The fourth-order valence-corrected chi connectivity index (χ4v) is 1.41. The second-order valence-electron chi connectivity index (χ2n) is 2.67. The molecular weight excluding hydrogens is 152 g/mol. The van der Waals surface area contributed by atoms with Gasteiger partial charge in [0.15, 0.2) is 0 Å². The predicted octanol–water partition coefficient (Wildman–Crippen LogP) is 1.08. The van der Waals surface area contributed by atoms with Gasteiger partial charge in [-0.05, 0) is 6.07 Å². The monoisotopic (exact) mass is 160 g/mol. The van der Waals surface area contributed by atoms with E-state index in [4.69, 9.17) is 10.00 Å². The maximum absolute atomic E-state index is 8.52. The van der Waals surface area contributed by atoms with Gasteiger partial charge in [0, 0.05) is 18.2 Å². The highest BCUT2D eigenvalue weighted by Gasteiger charge is 2.15. The Morgan fingerprint density at radius 1 is 1.67 bits per heavy atom. The van der Waals surface area contributed by atoms with E-state index in [1.54, 1.807) is 6.20 Å². The van der Waals surface area contributed by atoms with Gasteiger partial charge in [0.25, 0.3) is 0 Å². The van der Waals surface area contributed by atoms with Crippen LogP contribution in [0.15, 0.2) is 12.3 Å². The van der Waals surface area contributed by atoms with Crippen LogP contribution in [0.1, 0.15) is 11.3 Å². The molecule has 2 heterocycles. The smallest absolute Gasteiger partial charge is 0.126 e. The van der Waals surface area contributed by atoms with Crippen LogP contribution in [0.5, 0.6) is 5.75 Å². The summed E-state index contributed by atoms with van der Waals surface area (Å²) in [5.41, 5.74) is 1.98. The van der Waals surface area contributed by atoms with E-state index in [0.29, 0.717) is 6.42 Å². The maximum Gasteiger partial charge on any atom is 0.126 e. The zero-order valence-electron chi connectivity index (χ0n) is 6.58. The van der Waals surface area contributed by atoms with Crippen molar-refractivity contribution >= 4 is 0 Å². The molecule has 1 aromatic rings. The Morgan fingerprint density at radius 2 is 2.58 bits per heavy atom. The highest BCUT2D eigenvalue weighted by atomic mass is 16.5. The first-order valence-electron chi connectivity index (χ1n) is 3.88. The molecule has 0 radical (unpaired) electrons. The van der Waals surface area contributed by atoms with Crippen molar-refractivity contribution in [3.8, 4) is 11.8 Å². The highest BCUT2D eigenvalue weighted by Crippen LogP contribution is 2.26. The van der Waals surface area contributed by atoms with Crippen LogP contribution in [0.2, 0.25) is 0 Å². The zero-order valence-corrected chi connectivity index (χ0v) is 6.58. The summed E-state index contributed by atoms with van der Waals surface area (Å²) in [6.07, 6.45) is 2.96. The first-order chi connectivity index (χ1) is 5.92. The summed E-state index contributed by atoms with van der Waals surface area (Å²) in [5.74, 6) is 0.898. The Morgan fingerprint density at radius 3 is 3.42 bits per heavy atom. The first kappa shape index (κ1) is 7.11. The van der Waals surface area contributed by atoms with Crippen molar-refractivity contribution in [1.29, 1.82) is 5.26 Å². The number of nitrogens with zero attached hydrogens (tertiary/aromatic N) is 2. The molecule has 0 aliphatic carbocycles. The molecule has 0 aromatic carbocycles. The topological polar surface area (TPSA) is 45.9 Å². The number of fused-ring (bicyclic) bond motifs is 1. The molecule has 1 aromatic heterocycles. The van der Waals surface area contributed by atoms with E-state index >= 15 is 0 Å². The number of hydrogen-bond donors (Lipinski definition) is 0. The van der Waals surface area contributed by atoms with Crippen molar-refractivity contribution in [2.45, 2.75) is 12.8 Å². The van der Waals surface area contributed by atoms with Crippen LogP contribution in [0.25, 0.3) is 0 Å². The molecule has 0 bridgehead atoms. The molecule has 0 atom stereocenters. The number of ether oxygens (including phenoxy) is 1. The summed E-state index contributed by atoms with van der Waals surface area (Å²) >= 11 is 0. The third kappa shape index (κ3) is 1.02. The number of pyridine rings is 1. The normalized spacial score (nSPS) is 13.2. The van der Waals surface area contributed by atoms with Crippen LogP contribution in [0.4, 0.5) is 0 Å². The molecule has 3 heteroatoms. The molecule has 0 fully saturated rings. The Hall–Kier alpha value is -1.56. The molecule has 0 unspecified atom stereocenters. The molecule has 0 spiro atoms. The molecule has 2 rings (SSSR count). The number of nitriles is 1. The van der Waals surface area contributed by atoms with Gasteiger partial charge in [0.05, 0.1) is 24.8 Å². The lowest BCUT2D eigenvalue weighted by atomic mass is 10.1. The van der Waals surface area contributed by atoms with Crippen LogP contribution >= 0.6 is 0 Å². The third-order valence-electron chi connectivity index (χ3n) is 1.96. The Bertz CT molecular complexity index is 341. The van der Waals surface area contributed by atoms with Crippen molar-refractivity contribution in [2.75, 3.05) is 6.61 Å². The first-order valence-corrected chi connectivity index (χ1v) is 3.88. The zero-order chi connectivity index (χ0) is 8.39. The summed E-state index contributed by atoms with van der Waals surface area (Å²) in [7, 11) is 0. The minimum atomic E-state index is 0.381. The minimum Gasteiger partial charge on any atom is -0.493 e. The molecule has 1 aliphatic rings. The van der Waals surface area contributed by atoms with Crippen molar-refractivity contribution in [3.63, 3.8) is 0 Å². The van der Waals surface area contributed by atoms with E-state index in [-0.39, 0.29) is 0 Å². The molecule has 0 amide bonds. The van der Waals surface area contributed by atoms with Gasteiger partial charge in [-0.2, -0.15) is 5.26 Å². The Kier molecular flexibility index (Phi) is 1.67. The molecule has 0 N–H and O–H groups in total. The van der Waals surface area contributed by atoms with Crippen molar-refractivity contribution in [1.82, 2.24) is 4.98 Å². The highest BCUT2D eigenvalue weighted by molar-refractivity contribution is 5.39. The van der Waals surface area contributed by atoms with E-state index in [2.05, 4.69) is 11.1 Å². The lowest BCUT2D eigenvalue weighted by Gasteiger charge is -2.00. The summed E-state index contributed by atoms with van der Waals surface area (Å²) in [6, 6.07) is 3.95. The van der Waals surface area contributed by atoms with E-state index in [9.17, 15) is 0 Å². The molecular formula is C9H8N2O. The van der Waals surface area contributed by atoms with Gasteiger partial charge in [0.1, 0.15) is 5.75 Å². The lowest BCUT2D eigenvalue weighted by molar-refractivity contribution is 0.356. The molecule has 0 saturated heterocycles. The van der Waals surface area contributed by atoms with Crippen molar-refractivity contribution in [3.05, 3.63) is 23.5 Å². The van der Waals surface area contributed by atoms with Gasteiger partial charge >= 0.3 is 0 Å². The van der Waals surface area contributed by atoms with Gasteiger partial charge in [0.2, 0.25) is 0 Å². The predicted molar refractivity (Wildman–Crippen MR) is 42.8 cm³/mol. The average molecular weight is 160 g/mol. The number of rotatable bonds is 1. The minimum absolute atomic E-state index is 0.381. The van der Waals surface area contributed by atoms with Crippen LogP contribution in [-0.4, -0.2) is 11.6 Å². The van der Waals surface area contributed by atoms with Crippen LogP contribution < -0.4 is 4.74 Å². The summed E-state index contributed by atoms with van der Waals surface area (Å²) in [4.78, 5) is 4.14. The van der Waals surface area contributed by atoms with E-state index in [1.807, 2.05) is 6.07 Å². The second kappa shape index (κ2) is 2.82. The number of aromatic nitrogens is 1. The van der Waals surface area contributed by atoms with Gasteiger partial charge in [-0.1, -0.05) is 0 Å². The molecule has 1 aliphatic heterocycles. The van der Waals surface area contributed by atoms with E-state index < -0.39 is 0 Å². The maximum atomic E-state index is 8.52. The largest absolute Gasteiger partial charge is 0.493 e. The Balaban J connectivity index is 2.44. The summed E-state index contributed by atoms with van der Waals surface area (Å²) in [5, 5.41) is 8.52. The van der Waals surface area contributed by atoms with Crippen LogP contribution in [-0.2, 0) is 12.8 Å². The third-order valence-corrected chi connectivity index (χ3v) is 1.96. The fraction of sp³-hybridized carbons (Fsp3) is 0.333. The van der Waals surface area contributed by atoms with Gasteiger partial charge in [-0.25, -0.2) is 0 Å². The van der Waals surface area contributed by atoms with E-state index in [1.165, 1.54) is 0 Å². The SMILES string of the molecule is N#CCc1nccc2c1CCO2. The molecule has 60 valence electrons. The van der Waals surface area contributed by atoms with Crippen LogP contribution in [0.3, 0.4) is 0 Å². The molecule has 12 heavy (non-hydrogen) atoms. The van der Waals surface area contributed by atoms with Crippen molar-refractivity contribution in [2.24, 2.45) is 0 Å². The van der Waals surface area contributed by atoms with Gasteiger partial charge in [-0.15, -0.1) is 0 Å².